The topological polar surface area (TPSA) is 76.7 Å². The maximum absolute atomic E-state index is 12.3. The normalized spacial score (nSPS) is 15.0. The minimum Gasteiger partial charge on any atom is -0.480 e. The van der Waals surface area contributed by atoms with Crippen LogP contribution in [0.1, 0.15) is 11.1 Å². The Labute approximate surface area is 150 Å². The molecule has 0 saturated heterocycles. The van der Waals surface area contributed by atoms with Crippen LogP contribution in [-0.2, 0) is 22.5 Å². The Kier molecular flexibility index (Phi) is 5.09. The molecule has 7 heteroatoms. The number of carbonyl (C=O) groups is 2. The van der Waals surface area contributed by atoms with Crippen molar-refractivity contribution < 1.29 is 19.1 Å². The molecule has 2 amide bonds. The summed E-state index contributed by atoms with van der Waals surface area (Å²) in [5.74, 6) is 0.520. The average Bonchev–Trinajstić information content (AvgIpc) is 3.04. The van der Waals surface area contributed by atoms with E-state index < -0.39 is 12.2 Å². The number of nitrogens with one attached hydrogen (secondary N) is 2. The Hall–Kier alpha value is -2.73. The smallest absolute Gasteiger partial charge is 0.411 e. The van der Waals surface area contributed by atoms with Crippen molar-refractivity contribution in [2.24, 2.45) is 0 Å². The van der Waals surface area contributed by atoms with E-state index in [2.05, 4.69) is 15.4 Å². The van der Waals surface area contributed by atoms with Crippen molar-refractivity contribution in [1.29, 1.82) is 0 Å². The van der Waals surface area contributed by atoms with E-state index >= 15 is 0 Å². The summed E-state index contributed by atoms with van der Waals surface area (Å²) in [5.41, 5.74) is 2.46. The number of methoxy groups -OCH3 is 1. The van der Waals surface area contributed by atoms with Crippen molar-refractivity contribution in [3.63, 3.8) is 0 Å². The van der Waals surface area contributed by atoms with Crippen LogP contribution >= 0.6 is 11.6 Å². The number of ether oxygens (including phenoxy) is 2. The number of hydrogen-bond donors (Lipinski definition) is 2. The number of anilines is 1. The molecule has 0 bridgehead atoms. The van der Waals surface area contributed by atoms with Gasteiger partial charge >= 0.3 is 6.09 Å². The Morgan fingerprint density at radius 3 is 2.72 bits per heavy atom. The van der Waals surface area contributed by atoms with Crippen LogP contribution in [0, 0.1) is 0 Å². The average molecular weight is 361 g/mol. The van der Waals surface area contributed by atoms with Gasteiger partial charge in [-0.3, -0.25) is 10.1 Å². The molecule has 2 N–H and O–H groups in total. The van der Waals surface area contributed by atoms with Crippen molar-refractivity contribution in [3.8, 4) is 5.75 Å². The summed E-state index contributed by atoms with van der Waals surface area (Å²) in [4.78, 5) is 23.4. The fraction of sp³-hybridized carbons (Fsp3) is 0.222. The summed E-state index contributed by atoms with van der Waals surface area (Å²) in [6.45, 7) is 0.369. The molecule has 25 heavy (non-hydrogen) atoms. The highest BCUT2D eigenvalue weighted by molar-refractivity contribution is 6.30. The number of fused-ring (bicyclic) bond motifs is 1. The molecular formula is C18H17ClN2O4. The number of halogens is 1. The van der Waals surface area contributed by atoms with Gasteiger partial charge in [0, 0.05) is 23.7 Å². The first-order valence-electron chi connectivity index (χ1n) is 7.72. The van der Waals surface area contributed by atoms with Gasteiger partial charge in [-0.15, -0.1) is 0 Å². The molecule has 0 saturated carbocycles. The lowest BCUT2D eigenvalue weighted by atomic mass is 10.1. The maximum atomic E-state index is 12.3. The molecule has 0 fully saturated rings. The minimum atomic E-state index is -0.547. The lowest BCUT2D eigenvalue weighted by molar-refractivity contribution is -0.127. The summed E-state index contributed by atoms with van der Waals surface area (Å²) >= 11 is 5.96. The predicted octanol–water partition coefficient (Wildman–Crippen LogP) is 3.14. The Morgan fingerprint density at radius 2 is 2.00 bits per heavy atom. The van der Waals surface area contributed by atoms with Crippen LogP contribution < -0.4 is 15.4 Å². The monoisotopic (exact) mass is 360 g/mol. The van der Waals surface area contributed by atoms with E-state index in [0.717, 1.165) is 11.1 Å². The van der Waals surface area contributed by atoms with E-state index in [1.54, 1.807) is 24.3 Å². The lowest BCUT2D eigenvalue weighted by Crippen LogP contribution is -2.37. The number of benzene rings is 2. The number of amides is 2. The molecule has 130 valence electrons. The third-order valence-corrected chi connectivity index (χ3v) is 4.08. The van der Waals surface area contributed by atoms with Crippen molar-refractivity contribution >= 4 is 29.3 Å². The minimum absolute atomic E-state index is 0.177. The molecular weight excluding hydrogens is 344 g/mol. The van der Waals surface area contributed by atoms with E-state index in [0.29, 0.717) is 29.4 Å². The molecule has 1 heterocycles. The van der Waals surface area contributed by atoms with Crippen LogP contribution in [0.15, 0.2) is 42.5 Å². The Bertz CT molecular complexity index is 792. The second-order valence-electron chi connectivity index (χ2n) is 5.59. The molecule has 6 nitrogen and oxygen atoms in total. The highest BCUT2D eigenvalue weighted by Crippen LogP contribution is 2.31. The third-order valence-electron chi connectivity index (χ3n) is 3.84. The van der Waals surface area contributed by atoms with Crippen molar-refractivity contribution in [3.05, 3.63) is 58.6 Å². The van der Waals surface area contributed by atoms with Crippen molar-refractivity contribution in [2.45, 2.75) is 19.1 Å². The maximum Gasteiger partial charge on any atom is 0.411 e. The van der Waals surface area contributed by atoms with Gasteiger partial charge in [0.2, 0.25) is 0 Å². The van der Waals surface area contributed by atoms with Crippen molar-refractivity contribution in [2.75, 3.05) is 12.4 Å². The molecule has 2 aromatic rings. The SMILES string of the molecule is COC(=O)Nc1ccc(CNC(=O)C2Cc3cc(Cl)ccc3O2)cc1. The van der Waals surface area contributed by atoms with E-state index in [4.69, 9.17) is 16.3 Å². The fourth-order valence-corrected chi connectivity index (χ4v) is 2.74. The van der Waals surface area contributed by atoms with Gasteiger partial charge in [0.05, 0.1) is 7.11 Å². The summed E-state index contributed by atoms with van der Waals surface area (Å²) in [7, 11) is 1.30. The fourth-order valence-electron chi connectivity index (χ4n) is 2.54. The first-order chi connectivity index (χ1) is 12.0. The Balaban J connectivity index is 1.52. The highest BCUT2D eigenvalue weighted by atomic mass is 35.5. The second-order valence-corrected chi connectivity index (χ2v) is 6.03. The van der Waals surface area contributed by atoms with Crippen LogP contribution in [-0.4, -0.2) is 25.2 Å². The molecule has 1 aliphatic rings. The number of hydrogen-bond acceptors (Lipinski definition) is 4. The molecule has 0 aromatic heterocycles. The summed E-state index contributed by atoms with van der Waals surface area (Å²) in [6, 6.07) is 12.4. The lowest BCUT2D eigenvalue weighted by Gasteiger charge is -2.12. The summed E-state index contributed by atoms with van der Waals surface area (Å²) < 4.78 is 10.2. The van der Waals surface area contributed by atoms with Crippen LogP contribution in [0.2, 0.25) is 5.02 Å². The van der Waals surface area contributed by atoms with Gasteiger partial charge in [-0.25, -0.2) is 4.79 Å². The van der Waals surface area contributed by atoms with E-state index in [1.165, 1.54) is 7.11 Å². The first-order valence-corrected chi connectivity index (χ1v) is 8.09. The van der Waals surface area contributed by atoms with Gasteiger partial charge in [-0.05, 0) is 41.5 Å². The number of carbonyl (C=O) groups excluding carboxylic acids is 2. The molecule has 0 radical (unpaired) electrons. The van der Waals surface area contributed by atoms with Gasteiger partial charge in [0.25, 0.3) is 5.91 Å². The van der Waals surface area contributed by atoms with Crippen LogP contribution in [0.5, 0.6) is 5.75 Å². The van der Waals surface area contributed by atoms with Gasteiger partial charge in [-0.1, -0.05) is 23.7 Å². The molecule has 2 aromatic carbocycles. The zero-order chi connectivity index (χ0) is 17.8. The molecule has 1 atom stereocenters. The molecule has 0 spiro atoms. The summed E-state index contributed by atoms with van der Waals surface area (Å²) in [6.07, 6.45) is -0.572. The zero-order valence-electron chi connectivity index (χ0n) is 13.5. The number of rotatable bonds is 4. The molecule has 0 aliphatic carbocycles. The van der Waals surface area contributed by atoms with E-state index in [9.17, 15) is 9.59 Å². The largest absolute Gasteiger partial charge is 0.480 e. The van der Waals surface area contributed by atoms with E-state index in [-0.39, 0.29) is 5.91 Å². The molecule has 1 aliphatic heterocycles. The van der Waals surface area contributed by atoms with Gasteiger partial charge in [-0.2, -0.15) is 0 Å². The molecule has 3 rings (SSSR count). The van der Waals surface area contributed by atoms with Crippen LogP contribution in [0.3, 0.4) is 0 Å². The zero-order valence-corrected chi connectivity index (χ0v) is 14.3. The Morgan fingerprint density at radius 1 is 1.24 bits per heavy atom. The quantitative estimate of drug-likeness (QED) is 0.878. The van der Waals surface area contributed by atoms with Gasteiger partial charge in [0.1, 0.15) is 5.75 Å². The van der Waals surface area contributed by atoms with Crippen molar-refractivity contribution in [1.82, 2.24) is 5.32 Å². The van der Waals surface area contributed by atoms with E-state index in [1.807, 2.05) is 18.2 Å². The first kappa shape index (κ1) is 17.1. The highest BCUT2D eigenvalue weighted by Gasteiger charge is 2.28. The summed E-state index contributed by atoms with van der Waals surface area (Å²) in [5, 5.41) is 6.05. The van der Waals surface area contributed by atoms with Gasteiger partial charge < -0.3 is 14.8 Å². The van der Waals surface area contributed by atoms with Crippen LogP contribution in [0.25, 0.3) is 0 Å². The predicted molar refractivity (Wildman–Crippen MR) is 93.9 cm³/mol. The third kappa shape index (κ3) is 4.22. The van der Waals surface area contributed by atoms with Crippen LogP contribution in [0.4, 0.5) is 10.5 Å². The molecule has 1 unspecified atom stereocenters. The standard InChI is InChI=1S/C18H17ClN2O4/c1-24-18(23)21-14-5-2-11(3-6-14)10-20-17(22)16-9-12-8-13(19)4-7-15(12)25-16/h2-8,16H,9-10H2,1H3,(H,20,22)(H,21,23). The second kappa shape index (κ2) is 7.44. The van der Waals surface area contributed by atoms with Gasteiger partial charge in [0.15, 0.2) is 6.10 Å².